The summed E-state index contributed by atoms with van der Waals surface area (Å²) in [6, 6.07) is 2.08. The van der Waals surface area contributed by atoms with Crippen LogP contribution in [0.2, 0.25) is 0 Å². The second-order valence-electron chi connectivity index (χ2n) is 8.15. The second-order valence-corrected chi connectivity index (χ2v) is 13.4. The maximum absolute atomic E-state index is 12.1. The highest BCUT2D eigenvalue weighted by molar-refractivity contribution is 8.60. The third-order valence-corrected chi connectivity index (χ3v) is 7.92. The van der Waals surface area contributed by atoms with Crippen molar-refractivity contribution in [3.8, 4) is 0 Å². The molecule has 2 aliphatic rings. The van der Waals surface area contributed by atoms with Crippen molar-refractivity contribution in [2.24, 2.45) is 0 Å². The summed E-state index contributed by atoms with van der Waals surface area (Å²) >= 11 is 9.46. The van der Waals surface area contributed by atoms with Crippen LogP contribution >= 0.6 is 17.9 Å². The van der Waals surface area contributed by atoms with E-state index in [1.54, 1.807) is 0 Å². The fraction of sp³-hybridized carbons (Fsp3) is 0.556. The Morgan fingerprint density at radius 1 is 0.919 bits per heavy atom. The van der Waals surface area contributed by atoms with Gasteiger partial charge in [-0.15, -0.1) is 0 Å². The maximum Gasteiger partial charge on any atom is 0.330 e. The first-order valence-corrected chi connectivity index (χ1v) is 14.5. The molecule has 16 nitrogen and oxygen atoms in total. The fourth-order valence-corrected chi connectivity index (χ4v) is 5.90. The largest absolute Gasteiger partial charge is 0.394 e. The molecule has 2 aromatic rings. The normalized spacial score (nSPS) is 33.4. The van der Waals surface area contributed by atoms with Crippen molar-refractivity contribution >= 4 is 29.7 Å². The Labute approximate surface area is 216 Å². The van der Waals surface area contributed by atoms with Crippen molar-refractivity contribution in [3.05, 3.63) is 66.2 Å². The number of nitrogens with one attached hydrogen (secondary N) is 2. The Bertz CT molecular complexity index is 1410. The number of H-pyrrole nitrogens is 2. The van der Waals surface area contributed by atoms with Crippen molar-refractivity contribution in [2.45, 2.75) is 49.1 Å². The summed E-state index contributed by atoms with van der Waals surface area (Å²) in [5.41, 5.74) is -6.58. The standard InChI is InChI=1S/C18H23N4O12PS2/c23-5-7-14(13(28)16(32-7)22-4-2-10(25)20-18(22)30)34-35(36,37)31-6-8-11(26)12(27)15(33-8)21-3-1-9(24)19-17(21)29/h1-4,7-8,11-16,23,26-28H,5-6H2,(H,36,37)(H,19,24,29)(H,20,25,30). The molecule has 2 saturated heterocycles. The third kappa shape index (κ3) is 5.89. The van der Waals surface area contributed by atoms with E-state index in [1.165, 1.54) is 0 Å². The van der Waals surface area contributed by atoms with Crippen LogP contribution in [0.3, 0.4) is 0 Å². The predicted octanol–water partition coefficient (Wildman–Crippen LogP) is -3.49. The van der Waals surface area contributed by atoms with Crippen molar-refractivity contribution in [2.75, 3.05) is 13.2 Å². The lowest BCUT2D eigenvalue weighted by molar-refractivity contribution is -0.0558. The van der Waals surface area contributed by atoms with Crippen molar-refractivity contribution in [1.82, 2.24) is 19.1 Å². The average molecular weight is 583 g/mol. The third-order valence-electron chi connectivity index (χ3n) is 5.73. The number of aliphatic hydroxyl groups is 4. The van der Waals surface area contributed by atoms with E-state index in [4.69, 9.17) is 30.3 Å². The SMILES string of the molecule is O=c1ccn(C2OC(COP(=S)(S)OC3C(CO)OC(n4ccc(=O)[nH]c4=O)C3O)C(O)C2O)c(=O)[nH]1. The zero-order valence-corrected chi connectivity index (χ0v) is 21.2. The first-order chi connectivity index (χ1) is 17.4. The number of aromatic amines is 2. The summed E-state index contributed by atoms with van der Waals surface area (Å²) in [7, 11) is 0. The van der Waals surface area contributed by atoms with E-state index in [0.717, 1.165) is 33.7 Å². The highest BCUT2D eigenvalue weighted by atomic mass is 32.9. The van der Waals surface area contributed by atoms with Gasteiger partial charge in [0.05, 0.1) is 13.2 Å². The van der Waals surface area contributed by atoms with Crippen LogP contribution in [0.1, 0.15) is 12.5 Å². The first kappa shape index (κ1) is 28.1. The van der Waals surface area contributed by atoms with Crippen LogP contribution < -0.4 is 22.5 Å². The Balaban J connectivity index is 1.43. The number of rotatable bonds is 8. The van der Waals surface area contributed by atoms with E-state index < -0.39 is 90.5 Å². The molecule has 204 valence electrons. The molecule has 0 saturated carbocycles. The number of aromatic nitrogens is 4. The van der Waals surface area contributed by atoms with Crippen LogP contribution in [0.25, 0.3) is 0 Å². The molecule has 9 atom stereocenters. The molecular formula is C18H23N4O12PS2. The zero-order valence-electron chi connectivity index (χ0n) is 18.6. The van der Waals surface area contributed by atoms with Gasteiger partial charge in [-0.1, -0.05) is 12.2 Å². The molecule has 0 aliphatic carbocycles. The van der Waals surface area contributed by atoms with E-state index in [0.29, 0.717) is 0 Å². The smallest absolute Gasteiger partial charge is 0.330 e. The van der Waals surface area contributed by atoms with E-state index in [1.807, 2.05) is 9.97 Å². The van der Waals surface area contributed by atoms with Gasteiger partial charge in [-0.3, -0.25) is 28.7 Å². The number of nitrogens with zero attached hydrogens (tertiary/aromatic N) is 2. The second kappa shape index (κ2) is 11.0. The predicted molar refractivity (Wildman–Crippen MR) is 130 cm³/mol. The van der Waals surface area contributed by atoms with Gasteiger partial charge in [-0.05, 0) is 11.8 Å². The molecule has 0 radical (unpaired) electrons. The lowest BCUT2D eigenvalue weighted by Gasteiger charge is -2.26. The average Bonchev–Trinajstić information content (AvgIpc) is 3.28. The molecule has 0 bridgehead atoms. The minimum absolute atomic E-state index is 0.454. The minimum atomic E-state index is -3.53. The van der Waals surface area contributed by atoms with Crippen LogP contribution in [0.5, 0.6) is 0 Å². The number of thiol groups is 1. The van der Waals surface area contributed by atoms with Crippen LogP contribution in [-0.4, -0.2) is 89.4 Å². The van der Waals surface area contributed by atoms with E-state index in [-0.39, 0.29) is 0 Å². The number of ether oxygens (including phenoxy) is 2. The Hall–Kier alpha value is -1.96. The van der Waals surface area contributed by atoms with Gasteiger partial charge in [-0.2, -0.15) is 0 Å². The lowest BCUT2D eigenvalue weighted by Crippen LogP contribution is -2.38. The number of aliphatic hydroxyl groups excluding tert-OH is 4. The zero-order chi connectivity index (χ0) is 27.1. The highest BCUT2D eigenvalue weighted by Crippen LogP contribution is 2.56. The molecule has 4 heterocycles. The van der Waals surface area contributed by atoms with Gasteiger partial charge >= 0.3 is 11.4 Å². The van der Waals surface area contributed by atoms with Crippen LogP contribution in [0, 0.1) is 0 Å². The molecule has 2 fully saturated rings. The van der Waals surface area contributed by atoms with Crippen LogP contribution in [0.15, 0.2) is 43.7 Å². The van der Waals surface area contributed by atoms with Gasteiger partial charge in [0, 0.05) is 24.5 Å². The fourth-order valence-electron chi connectivity index (χ4n) is 3.93. The van der Waals surface area contributed by atoms with Crippen LogP contribution in [0.4, 0.5) is 0 Å². The Morgan fingerprint density at radius 2 is 1.43 bits per heavy atom. The van der Waals surface area contributed by atoms with Gasteiger partial charge in [0.1, 0.15) is 36.6 Å². The minimum Gasteiger partial charge on any atom is -0.394 e. The van der Waals surface area contributed by atoms with Gasteiger partial charge in [0.25, 0.3) is 11.1 Å². The van der Waals surface area contributed by atoms with Gasteiger partial charge in [0.15, 0.2) is 12.5 Å². The van der Waals surface area contributed by atoms with Crippen molar-refractivity contribution < 1.29 is 38.9 Å². The van der Waals surface area contributed by atoms with E-state index in [9.17, 15) is 39.6 Å². The molecular weight excluding hydrogens is 559 g/mol. The molecule has 37 heavy (non-hydrogen) atoms. The van der Waals surface area contributed by atoms with E-state index >= 15 is 0 Å². The molecule has 19 heteroatoms. The molecule has 0 spiro atoms. The summed E-state index contributed by atoms with van der Waals surface area (Å²) in [4.78, 5) is 50.7. The van der Waals surface area contributed by atoms with Gasteiger partial charge in [0.2, 0.25) is 5.69 Å². The molecule has 0 aromatic carbocycles. The van der Waals surface area contributed by atoms with E-state index in [2.05, 4.69) is 12.2 Å². The number of hydrogen-bond acceptors (Lipinski definition) is 13. The van der Waals surface area contributed by atoms with Crippen LogP contribution in [-0.2, 0) is 30.3 Å². The Kier molecular flexibility index (Phi) is 8.37. The van der Waals surface area contributed by atoms with Crippen molar-refractivity contribution in [3.63, 3.8) is 0 Å². The monoisotopic (exact) mass is 582 g/mol. The summed E-state index contributed by atoms with van der Waals surface area (Å²) in [5, 5.41) is 41.1. The molecule has 6 N–H and O–H groups in total. The first-order valence-electron chi connectivity index (χ1n) is 10.7. The molecule has 0 amide bonds. The summed E-state index contributed by atoms with van der Waals surface area (Å²) in [6.07, 6.45) is -8.73. The van der Waals surface area contributed by atoms with Crippen molar-refractivity contribution in [1.29, 1.82) is 0 Å². The maximum atomic E-state index is 12.1. The lowest BCUT2D eigenvalue weighted by atomic mass is 10.1. The van der Waals surface area contributed by atoms with Gasteiger partial charge in [-0.25, -0.2) is 9.59 Å². The van der Waals surface area contributed by atoms with Gasteiger partial charge < -0.3 is 38.9 Å². The molecule has 2 aromatic heterocycles. The summed E-state index contributed by atoms with van der Waals surface area (Å²) in [6.45, 7) is -1.09. The summed E-state index contributed by atoms with van der Waals surface area (Å²) in [5.74, 6) is 0. The quantitative estimate of drug-likeness (QED) is 0.119. The highest BCUT2D eigenvalue weighted by Gasteiger charge is 2.48. The Morgan fingerprint density at radius 3 is 1.95 bits per heavy atom. The summed E-state index contributed by atoms with van der Waals surface area (Å²) < 4.78 is 24.0. The topological polar surface area (TPSA) is 228 Å². The number of hydrogen-bond donors (Lipinski definition) is 7. The molecule has 9 unspecified atom stereocenters. The molecule has 2 aliphatic heterocycles. The molecule has 4 rings (SSSR count).